The van der Waals surface area contributed by atoms with Gasteiger partial charge in [-0.3, -0.25) is 0 Å². The fraction of sp³-hybridized carbons (Fsp3) is 0.556. The van der Waals surface area contributed by atoms with Gasteiger partial charge in [-0.05, 0) is 33.8 Å². The topological polar surface area (TPSA) is 41.6 Å². The normalized spacial score (nSPS) is 11.2. The highest BCUT2D eigenvalue weighted by molar-refractivity contribution is 5.23. The molecular formula is C9H13N3. The van der Waals surface area contributed by atoms with Crippen molar-refractivity contribution in [1.29, 1.82) is 5.26 Å². The molecular weight excluding hydrogens is 150 g/mol. The Bertz CT molecular complexity index is 323. The third-order valence-electron chi connectivity index (χ3n) is 1.58. The molecule has 3 heteroatoms. The highest BCUT2D eigenvalue weighted by Crippen LogP contribution is 2.16. The van der Waals surface area contributed by atoms with Gasteiger partial charge in [0.25, 0.3) is 0 Å². The lowest BCUT2D eigenvalue weighted by Crippen LogP contribution is -2.24. The Balaban J connectivity index is 3.25. The Hall–Kier alpha value is -1.30. The predicted molar refractivity (Wildman–Crippen MR) is 46.7 cm³/mol. The van der Waals surface area contributed by atoms with E-state index in [1.165, 1.54) is 0 Å². The van der Waals surface area contributed by atoms with Gasteiger partial charge in [0.1, 0.15) is 11.8 Å². The van der Waals surface area contributed by atoms with Crippen molar-refractivity contribution >= 4 is 0 Å². The molecule has 0 aliphatic rings. The minimum atomic E-state index is -0.112. The molecule has 3 nitrogen and oxygen atoms in total. The molecule has 0 spiro atoms. The van der Waals surface area contributed by atoms with E-state index in [-0.39, 0.29) is 5.54 Å². The Morgan fingerprint density at radius 3 is 2.42 bits per heavy atom. The molecule has 0 amide bonds. The molecule has 0 unspecified atom stereocenters. The van der Waals surface area contributed by atoms with Crippen molar-refractivity contribution in [3.05, 3.63) is 17.5 Å². The first kappa shape index (κ1) is 8.79. The second kappa shape index (κ2) is 2.63. The summed E-state index contributed by atoms with van der Waals surface area (Å²) in [6.07, 6.45) is 0. The molecule has 1 rings (SSSR count). The first-order chi connectivity index (χ1) is 5.45. The predicted octanol–water partition coefficient (Wildman–Crippen LogP) is 1.82. The highest BCUT2D eigenvalue weighted by Gasteiger charge is 2.17. The summed E-state index contributed by atoms with van der Waals surface area (Å²) >= 11 is 0. The van der Waals surface area contributed by atoms with Crippen molar-refractivity contribution in [3.63, 3.8) is 0 Å². The molecule has 0 bridgehead atoms. The standard InChI is InChI=1S/C9H13N3/c1-7-5-8(6-10)12(11-7)9(2,3)4/h5H,1-4H3. The van der Waals surface area contributed by atoms with Crippen LogP contribution in [-0.2, 0) is 5.54 Å². The second-order valence-corrected chi connectivity index (χ2v) is 3.87. The quantitative estimate of drug-likeness (QED) is 0.585. The van der Waals surface area contributed by atoms with Crippen molar-refractivity contribution in [2.24, 2.45) is 0 Å². The van der Waals surface area contributed by atoms with Gasteiger partial charge in [-0.25, -0.2) is 4.68 Å². The van der Waals surface area contributed by atoms with E-state index < -0.39 is 0 Å². The first-order valence-electron chi connectivity index (χ1n) is 3.92. The average molecular weight is 163 g/mol. The minimum Gasteiger partial charge on any atom is -0.249 e. The van der Waals surface area contributed by atoms with E-state index in [1.54, 1.807) is 10.7 Å². The largest absolute Gasteiger partial charge is 0.249 e. The lowest BCUT2D eigenvalue weighted by Gasteiger charge is -2.19. The van der Waals surface area contributed by atoms with Crippen LogP contribution in [0.5, 0.6) is 0 Å². The van der Waals surface area contributed by atoms with Crippen LogP contribution in [0.25, 0.3) is 0 Å². The van der Waals surface area contributed by atoms with Crippen LogP contribution in [0.2, 0.25) is 0 Å². The smallest absolute Gasteiger partial charge is 0.139 e. The summed E-state index contributed by atoms with van der Waals surface area (Å²) in [6, 6.07) is 3.92. The number of hydrogen-bond donors (Lipinski definition) is 0. The maximum atomic E-state index is 8.78. The Morgan fingerprint density at radius 2 is 2.08 bits per heavy atom. The van der Waals surface area contributed by atoms with Gasteiger partial charge in [0.15, 0.2) is 0 Å². The molecule has 0 aliphatic heterocycles. The highest BCUT2D eigenvalue weighted by atomic mass is 15.3. The number of aromatic nitrogens is 2. The molecule has 1 heterocycles. The summed E-state index contributed by atoms with van der Waals surface area (Å²) in [5.74, 6) is 0. The van der Waals surface area contributed by atoms with Crippen LogP contribution in [0, 0.1) is 18.3 Å². The van der Waals surface area contributed by atoms with Gasteiger partial charge in [0.2, 0.25) is 0 Å². The lowest BCUT2D eigenvalue weighted by atomic mass is 10.1. The Kier molecular flexibility index (Phi) is 1.93. The van der Waals surface area contributed by atoms with Crippen molar-refractivity contribution in [1.82, 2.24) is 9.78 Å². The maximum absolute atomic E-state index is 8.78. The van der Waals surface area contributed by atoms with Crippen LogP contribution < -0.4 is 0 Å². The summed E-state index contributed by atoms with van der Waals surface area (Å²) in [5, 5.41) is 13.0. The summed E-state index contributed by atoms with van der Waals surface area (Å²) < 4.78 is 1.75. The van der Waals surface area contributed by atoms with E-state index >= 15 is 0 Å². The minimum absolute atomic E-state index is 0.112. The van der Waals surface area contributed by atoms with Crippen LogP contribution >= 0.6 is 0 Å². The van der Waals surface area contributed by atoms with Crippen LogP contribution in [0.1, 0.15) is 32.2 Å². The number of aryl methyl sites for hydroxylation is 1. The van der Waals surface area contributed by atoms with E-state index in [0.29, 0.717) is 5.69 Å². The molecule has 64 valence electrons. The molecule has 1 aromatic heterocycles. The molecule has 0 radical (unpaired) electrons. The summed E-state index contributed by atoms with van der Waals surface area (Å²) in [5.41, 5.74) is 1.40. The van der Waals surface area contributed by atoms with Gasteiger partial charge in [-0.2, -0.15) is 10.4 Å². The molecule has 0 saturated carbocycles. The third kappa shape index (κ3) is 1.48. The molecule has 0 fully saturated rings. The molecule has 12 heavy (non-hydrogen) atoms. The Morgan fingerprint density at radius 1 is 1.50 bits per heavy atom. The van der Waals surface area contributed by atoms with Crippen molar-refractivity contribution in [2.45, 2.75) is 33.2 Å². The van der Waals surface area contributed by atoms with Crippen molar-refractivity contribution < 1.29 is 0 Å². The molecule has 0 N–H and O–H groups in total. The summed E-state index contributed by atoms with van der Waals surface area (Å²) in [4.78, 5) is 0. The fourth-order valence-electron chi connectivity index (χ4n) is 1.09. The molecule has 0 atom stereocenters. The second-order valence-electron chi connectivity index (χ2n) is 3.87. The molecule has 1 aromatic rings. The van der Waals surface area contributed by atoms with Gasteiger partial charge in [-0.1, -0.05) is 0 Å². The van der Waals surface area contributed by atoms with Gasteiger partial charge in [0, 0.05) is 0 Å². The third-order valence-corrected chi connectivity index (χ3v) is 1.58. The number of rotatable bonds is 0. The number of nitriles is 1. The first-order valence-corrected chi connectivity index (χ1v) is 3.92. The Labute approximate surface area is 72.6 Å². The monoisotopic (exact) mass is 163 g/mol. The van der Waals surface area contributed by atoms with E-state index in [0.717, 1.165) is 5.69 Å². The SMILES string of the molecule is Cc1cc(C#N)n(C(C)(C)C)n1. The van der Waals surface area contributed by atoms with Crippen LogP contribution in [0.15, 0.2) is 6.07 Å². The van der Waals surface area contributed by atoms with Gasteiger partial charge in [-0.15, -0.1) is 0 Å². The molecule has 0 aromatic carbocycles. The summed E-state index contributed by atoms with van der Waals surface area (Å²) in [6.45, 7) is 7.98. The van der Waals surface area contributed by atoms with Crippen LogP contribution in [0.4, 0.5) is 0 Å². The van der Waals surface area contributed by atoms with E-state index in [2.05, 4.69) is 11.2 Å². The van der Waals surface area contributed by atoms with Gasteiger partial charge < -0.3 is 0 Å². The van der Waals surface area contributed by atoms with E-state index in [4.69, 9.17) is 5.26 Å². The van der Waals surface area contributed by atoms with E-state index in [1.807, 2.05) is 27.7 Å². The van der Waals surface area contributed by atoms with E-state index in [9.17, 15) is 0 Å². The number of nitrogens with zero attached hydrogens (tertiary/aromatic N) is 3. The zero-order chi connectivity index (χ0) is 9.35. The zero-order valence-corrected chi connectivity index (χ0v) is 7.92. The molecule has 0 saturated heterocycles. The summed E-state index contributed by atoms with van der Waals surface area (Å²) in [7, 11) is 0. The maximum Gasteiger partial charge on any atom is 0.139 e. The molecule has 0 aliphatic carbocycles. The van der Waals surface area contributed by atoms with Crippen LogP contribution in [0.3, 0.4) is 0 Å². The van der Waals surface area contributed by atoms with Crippen molar-refractivity contribution in [3.8, 4) is 6.07 Å². The van der Waals surface area contributed by atoms with Gasteiger partial charge in [0.05, 0.1) is 11.2 Å². The average Bonchev–Trinajstić information content (AvgIpc) is 2.29. The zero-order valence-electron chi connectivity index (χ0n) is 7.92. The lowest BCUT2D eigenvalue weighted by molar-refractivity contribution is 0.351. The number of hydrogen-bond acceptors (Lipinski definition) is 2. The van der Waals surface area contributed by atoms with Crippen molar-refractivity contribution in [2.75, 3.05) is 0 Å². The van der Waals surface area contributed by atoms with Crippen LogP contribution in [-0.4, -0.2) is 9.78 Å². The fourth-order valence-corrected chi connectivity index (χ4v) is 1.09. The van der Waals surface area contributed by atoms with Gasteiger partial charge >= 0.3 is 0 Å².